The number of hydrogen-bond acceptors (Lipinski definition) is 4. The zero-order valence-electron chi connectivity index (χ0n) is 11.5. The number of nitrogen functional groups attached to an aromatic ring is 1. The Morgan fingerprint density at radius 2 is 1.95 bits per heavy atom. The standard InChI is InChI=1S/C12H18FN3O3S/c1-12(2,3)16-10(17)7-15-20(18,19)9-6-4-5-8(13)11(9)14/h4-6,15H,7,14H2,1-3H3,(H,16,17). The Kier molecular flexibility index (Phi) is 4.72. The van der Waals surface area contributed by atoms with E-state index in [0.717, 1.165) is 6.07 Å². The number of rotatable bonds is 4. The third kappa shape index (κ3) is 4.46. The molecule has 1 rings (SSSR count). The fourth-order valence-corrected chi connectivity index (χ4v) is 2.57. The molecule has 0 fully saturated rings. The third-order valence-corrected chi connectivity index (χ3v) is 3.70. The van der Waals surface area contributed by atoms with Crippen LogP contribution in [0.1, 0.15) is 20.8 Å². The smallest absolute Gasteiger partial charge is 0.243 e. The predicted octanol–water partition coefficient (Wildman–Crippen LogP) is 0.601. The van der Waals surface area contributed by atoms with Crippen molar-refractivity contribution in [2.45, 2.75) is 31.2 Å². The van der Waals surface area contributed by atoms with Gasteiger partial charge in [-0.1, -0.05) is 6.07 Å². The van der Waals surface area contributed by atoms with Crippen molar-refractivity contribution in [1.82, 2.24) is 10.0 Å². The van der Waals surface area contributed by atoms with Crippen molar-refractivity contribution >= 4 is 21.6 Å². The van der Waals surface area contributed by atoms with Gasteiger partial charge in [-0.25, -0.2) is 17.5 Å². The third-order valence-electron chi connectivity index (χ3n) is 2.24. The second kappa shape index (κ2) is 5.76. The van der Waals surface area contributed by atoms with Gasteiger partial charge in [0.25, 0.3) is 0 Å². The number of halogens is 1. The molecule has 0 spiro atoms. The van der Waals surface area contributed by atoms with Gasteiger partial charge in [0.2, 0.25) is 15.9 Å². The van der Waals surface area contributed by atoms with Crippen LogP contribution >= 0.6 is 0 Å². The van der Waals surface area contributed by atoms with Gasteiger partial charge >= 0.3 is 0 Å². The summed E-state index contributed by atoms with van der Waals surface area (Å²) in [7, 11) is -4.04. The summed E-state index contributed by atoms with van der Waals surface area (Å²) in [6, 6.07) is 3.46. The van der Waals surface area contributed by atoms with E-state index in [-0.39, 0.29) is 4.90 Å². The van der Waals surface area contributed by atoms with Crippen LogP contribution in [0, 0.1) is 5.82 Å². The highest BCUT2D eigenvalue weighted by Crippen LogP contribution is 2.20. The minimum absolute atomic E-state index is 0.388. The molecule has 0 heterocycles. The van der Waals surface area contributed by atoms with E-state index in [9.17, 15) is 17.6 Å². The van der Waals surface area contributed by atoms with Gasteiger partial charge in [0, 0.05) is 5.54 Å². The lowest BCUT2D eigenvalue weighted by Gasteiger charge is -2.20. The first kappa shape index (κ1) is 16.4. The van der Waals surface area contributed by atoms with Crippen LogP contribution in [-0.2, 0) is 14.8 Å². The van der Waals surface area contributed by atoms with Crippen LogP contribution < -0.4 is 15.8 Å². The molecule has 0 bridgehead atoms. The van der Waals surface area contributed by atoms with Gasteiger partial charge in [-0.3, -0.25) is 4.79 Å². The lowest BCUT2D eigenvalue weighted by molar-refractivity contribution is -0.121. The molecule has 0 atom stereocenters. The number of amides is 1. The van der Waals surface area contributed by atoms with Gasteiger partial charge in [0.1, 0.15) is 10.7 Å². The average molecular weight is 303 g/mol. The van der Waals surface area contributed by atoms with Crippen molar-refractivity contribution in [2.24, 2.45) is 0 Å². The molecule has 4 N–H and O–H groups in total. The molecule has 0 aliphatic carbocycles. The number of sulfonamides is 1. The van der Waals surface area contributed by atoms with Gasteiger partial charge in [0.05, 0.1) is 12.2 Å². The molecule has 0 unspecified atom stereocenters. The van der Waals surface area contributed by atoms with Crippen LogP contribution in [0.5, 0.6) is 0 Å². The molecule has 0 saturated heterocycles. The van der Waals surface area contributed by atoms with E-state index in [0.29, 0.717) is 0 Å². The molecule has 1 aromatic rings. The van der Waals surface area contributed by atoms with Crippen LogP contribution in [0.3, 0.4) is 0 Å². The van der Waals surface area contributed by atoms with Gasteiger partial charge in [-0.15, -0.1) is 0 Å². The molecule has 20 heavy (non-hydrogen) atoms. The summed E-state index contributed by atoms with van der Waals surface area (Å²) in [5, 5.41) is 2.60. The minimum Gasteiger partial charge on any atom is -0.395 e. The maximum Gasteiger partial charge on any atom is 0.243 e. The summed E-state index contributed by atoms with van der Waals surface area (Å²) in [4.78, 5) is 11.2. The summed E-state index contributed by atoms with van der Waals surface area (Å²) in [5.74, 6) is -1.32. The highest BCUT2D eigenvalue weighted by atomic mass is 32.2. The van der Waals surface area contributed by atoms with Gasteiger partial charge in [-0.2, -0.15) is 0 Å². The topological polar surface area (TPSA) is 101 Å². The Morgan fingerprint density at radius 3 is 2.50 bits per heavy atom. The number of benzene rings is 1. The zero-order chi connectivity index (χ0) is 15.6. The second-order valence-corrected chi connectivity index (χ2v) is 7.01. The normalized spacial score (nSPS) is 12.2. The molecule has 0 radical (unpaired) electrons. The molecule has 1 amide bonds. The highest BCUT2D eigenvalue weighted by Gasteiger charge is 2.21. The molecule has 0 aromatic heterocycles. The molecule has 6 nitrogen and oxygen atoms in total. The first-order valence-corrected chi connectivity index (χ1v) is 7.36. The van der Waals surface area contributed by atoms with E-state index in [1.807, 2.05) is 0 Å². The Labute approximate surface area is 117 Å². The fraction of sp³-hybridized carbons (Fsp3) is 0.417. The highest BCUT2D eigenvalue weighted by molar-refractivity contribution is 7.89. The molecule has 0 aliphatic heterocycles. The van der Waals surface area contributed by atoms with Crippen molar-refractivity contribution < 1.29 is 17.6 Å². The lowest BCUT2D eigenvalue weighted by Crippen LogP contribution is -2.45. The molecular weight excluding hydrogens is 285 g/mol. The number of nitrogens with two attached hydrogens (primary N) is 1. The SMILES string of the molecule is CC(C)(C)NC(=O)CNS(=O)(=O)c1cccc(F)c1N. The van der Waals surface area contributed by atoms with Crippen molar-refractivity contribution in [3.8, 4) is 0 Å². The summed E-state index contributed by atoms with van der Waals surface area (Å²) in [6.07, 6.45) is 0. The maximum atomic E-state index is 13.2. The van der Waals surface area contributed by atoms with E-state index in [1.54, 1.807) is 20.8 Å². The monoisotopic (exact) mass is 303 g/mol. The summed E-state index contributed by atoms with van der Waals surface area (Å²) >= 11 is 0. The van der Waals surface area contributed by atoms with Crippen molar-refractivity contribution in [3.05, 3.63) is 24.0 Å². The van der Waals surface area contributed by atoms with E-state index in [2.05, 4.69) is 10.0 Å². The molecule has 8 heteroatoms. The molecule has 1 aromatic carbocycles. The van der Waals surface area contributed by atoms with E-state index in [4.69, 9.17) is 5.73 Å². The fourth-order valence-electron chi connectivity index (χ4n) is 1.45. The quantitative estimate of drug-likeness (QED) is 0.709. The summed E-state index contributed by atoms with van der Waals surface area (Å²) < 4.78 is 39.2. The second-order valence-electron chi connectivity index (χ2n) is 5.27. The number of anilines is 1. The largest absolute Gasteiger partial charge is 0.395 e. The van der Waals surface area contributed by atoms with Crippen molar-refractivity contribution in [2.75, 3.05) is 12.3 Å². The van der Waals surface area contributed by atoms with Crippen molar-refractivity contribution in [1.29, 1.82) is 0 Å². The molecular formula is C12H18FN3O3S. The van der Waals surface area contributed by atoms with Crippen molar-refractivity contribution in [3.63, 3.8) is 0 Å². The number of carbonyl (C=O) groups excluding carboxylic acids is 1. The molecule has 0 saturated carbocycles. The van der Waals surface area contributed by atoms with Gasteiger partial charge < -0.3 is 11.1 Å². The maximum absolute atomic E-state index is 13.2. The van der Waals surface area contributed by atoms with E-state index < -0.39 is 39.5 Å². The Morgan fingerprint density at radius 1 is 1.35 bits per heavy atom. The number of nitrogens with one attached hydrogen (secondary N) is 2. The summed E-state index contributed by atoms with van der Waals surface area (Å²) in [6.45, 7) is 4.85. The zero-order valence-corrected chi connectivity index (χ0v) is 12.3. The number of hydrogen-bond donors (Lipinski definition) is 3. The first-order chi connectivity index (χ1) is 9.03. The van der Waals surface area contributed by atoms with E-state index in [1.165, 1.54) is 12.1 Å². The first-order valence-electron chi connectivity index (χ1n) is 5.87. The van der Waals surface area contributed by atoms with Crippen LogP contribution in [0.2, 0.25) is 0 Å². The van der Waals surface area contributed by atoms with Gasteiger partial charge in [0.15, 0.2) is 0 Å². The summed E-state index contributed by atoms with van der Waals surface area (Å²) in [5.41, 5.74) is 4.43. The molecule has 0 aliphatic rings. The minimum atomic E-state index is -4.04. The van der Waals surface area contributed by atoms with Crippen LogP contribution in [-0.4, -0.2) is 26.4 Å². The average Bonchev–Trinajstić information content (AvgIpc) is 2.28. The Hall–Kier alpha value is -1.67. The van der Waals surface area contributed by atoms with Gasteiger partial charge in [-0.05, 0) is 32.9 Å². The van der Waals surface area contributed by atoms with Crippen LogP contribution in [0.4, 0.5) is 10.1 Å². The Bertz CT molecular complexity index is 609. The van der Waals surface area contributed by atoms with Crippen LogP contribution in [0.15, 0.2) is 23.1 Å². The number of carbonyl (C=O) groups is 1. The molecule has 112 valence electrons. The lowest BCUT2D eigenvalue weighted by atomic mass is 10.1. The predicted molar refractivity (Wildman–Crippen MR) is 73.9 cm³/mol. The van der Waals surface area contributed by atoms with E-state index >= 15 is 0 Å². The van der Waals surface area contributed by atoms with Crippen LogP contribution in [0.25, 0.3) is 0 Å². The Balaban J connectivity index is 2.81. The number of para-hydroxylation sites is 1.